The summed E-state index contributed by atoms with van der Waals surface area (Å²) in [5.74, 6) is 0.914. The van der Waals surface area contributed by atoms with Gasteiger partial charge in [0, 0.05) is 24.1 Å². The van der Waals surface area contributed by atoms with Crippen molar-refractivity contribution >= 4 is 27.5 Å². The molecule has 2 rings (SSSR count). The van der Waals surface area contributed by atoms with Gasteiger partial charge < -0.3 is 10.3 Å². The van der Waals surface area contributed by atoms with Crippen LogP contribution in [0.3, 0.4) is 0 Å². The van der Waals surface area contributed by atoms with E-state index in [-0.39, 0.29) is 0 Å². The lowest BCUT2D eigenvalue weighted by molar-refractivity contribution is 0.807. The minimum atomic E-state index is 0.609. The highest BCUT2D eigenvalue weighted by Gasteiger charge is 2.13. The molecule has 5 heteroatoms. The fourth-order valence-corrected chi connectivity index (χ4v) is 2.52. The normalized spacial score (nSPS) is 10.8. The SMILES string of the molecule is Cn1c(-c2ccc(Cl)cc2)nc(Br)c1CCN. The standard InChI is InChI=1S/C12H13BrClN3/c1-17-10(6-7-15)11(13)16-12(17)8-2-4-9(14)5-3-8/h2-5H,6-7,15H2,1H3. The Balaban J connectivity index is 2.46. The first-order valence-corrected chi connectivity index (χ1v) is 6.47. The number of hydrogen-bond acceptors (Lipinski definition) is 2. The highest BCUT2D eigenvalue weighted by atomic mass is 79.9. The van der Waals surface area contributed by atoms with E-state index in [1.54, 1.807) is 0 Å². The summed E-state index contributed by atoms with van der Waals surface area (Å²) in [5, 5.41) is 0.726. The van der Waals surface area contributed by atoms with E-state index < -0.39 is 0 Å². The van der Waals surface area contributed by atoms with Crippen molar-refractivity contribution in [3.63, 3.8) is 0 Å². The smallest absolute Gasteiger partial charge is 0.141 e. The van der Waals surface area contributed by atoms with Crippen molar-refractivity contribution in [2.24, 2.45) is 12.8 Å². The quantitative estimate of drug-likeness (QED) is 0.946. The number of imidazole rings is 1. The molecule has 1 aromatic heterocycles. The molecular weight excluding hydrogens is 302 g/mol. The van der Waals surface area contributed by atoms with Gasteiger partial charge in [-0.1, -0.05) is 11.6 Å². The van der Waals surface area contributed by atoms with Crippen molar-refractivity contribution in [1.29, 1.82) is 0 Å². The minimum absolute atomic E-state index is 0.609. The second kappa shape index (κ2) is 5.21. The van der Waals surface area contributed by atoms with Gasteiger partial charge in [0.1, 0.15) is 10.4 Å². The largest absolute Gasteiger partial charge is 0.330 e. The number of benzene rings is 1. The van der Waals surface area contributed by atoms with Crippen LogP contribution in [0.1, 0.15) is 5.69 Å². The van der Waals surface area contributed by atoms with Crippen LogP contribution in [0.15, 0.2) is 28.9 Å². The summed E-state index contributed by atoms with van der Waals surface area (Å²) in [7, 11) is 1.99. The molecule has 3 nitrogen and oxygen atoms in total. The number of nitrogens with zero attached hydrogens (tertiary/aromatic N) is 2. The number of halogens is 2. The third kappa shape index (κ3) is 2.54. The molecule has 90 valence electrons. The fourth-order valence-electron chi connectivity index (χ4n) is 1.76. The topological polar surface area (TPSA) is 43.8 Å². The Morgan fingerprint density at radius 2 is 2.00 bits per heavy atom. The fraction of sp³-hybridized carbons (Fsp3) is 0.250. The molecule has 0 atom stereocenters. The van der Waals surface area contributed by atoms with Crippen LogP contribution in [-0.4, -0.2) is 16.1 Å². The number of rotatable bonds is 3. The third-order valence-electron chi connectivity index (χ3n) is 2.65. The highest BCUT2D eigenvalue weighted by Crippen LogP contribution is 2.26. The van der Waals surface area contributed by atoms with Crippen LogP contribution in [0, 0.1) is 0 Å². The van der Waals surface area contributed by atoms with Crippen molar-refractivity contribution in [1.82, 2.24) is 9.55 Å². The van der Waals surface area contributed by atoms with E-state index in [0.29, 0.717) is 6.54 Å². The Bertz CT molecular complexity index is 519. The van der Waals surface area contributed by atoms with Crippen LogP contribution >= 0.6 is 27.5 Å². The van der Waals surface area contributed by atoms with E-state index >= 15 is 0 Å². The molecule has 0 saturated heterocycles. The monoisotopic (exact) mass is 313 g/mol. The zero-order valence-electron chi connectivity index (χ0n) is 9.45. The van der Waals surface area contributed by atoms with Gasteiger partial charge in [-0.3, -0.25) is 0 Å². The van der Waals surface area contributed by atoms with Gasteiger partial charge in [-0.05, 0) is 46.7 Å². The van der Waals surface area contributed by atoms with E-state index in [4.69, 9.17) is 17.3 Å². The molecule has 17 heavy (non-hydrogen) atoms. The predicted molar refractivity (Wildman–Crippen MR) is 74.1 cm³/mol. The van der Waals surface area contributed by atoms with Gasteiger partial charge in [0.25, 0.3) is 0 Å². The summed E-state index contributed by atoms with van der Waals surface area (Å²) in [6.45, 7) is 0.609. The van der Waals surface area contributed by atoms with E-state index in [1.165, 1.54) is 0 Å². The van der Waals surface area contributed by atoms with Crippen molar-refractivity contribution < 1.29 is 0 Å². The van der Waals surface area contributed by atoms with Crippen LogP contribution in [0.2, 0.25) is 5.02 Å². The predicted octanol–water partition coefficient (Wildman–Crippen LogP) is 3.00. The Labute approximate surface area is 114 Å². The van der Waals surface area contributed by atoms with Gasteiger partial charge >= 0.3 is 0 Å². The summed E-state index contributed by atoms with van der Waals surface area (Å²) < 4.78 is 2.91. The van der Waals surface area contributed by atoms with Crippen molar-refractivity contribution in [2.75, 3.05) is 6.54 Å². The summed E-state index contributed by atoms with van der Waals surface area (Å²) in [5.41, 5.74) is 7.74. The number of hydrogen-bond donors (Lipinski definition) is 1. The molecule has 1 heterocycles. The zero-order valence-corrected chi connectivity index (χ0v) is 11.8. The van der Waals surface area contributed by atoms with Crippen LogP contribution in [0.4, 0.5) is 0 Å². The highest BCUT2D eigenvalue weighted by molar-refractivity contribution is 9.10. The van der Waals surface area contributed by atoms with E-state index in [1.807, 2.05) is 31.3 Å². The van der Waals surface area contributed by atoms with Crippen molar-refractivity contribution in [2.45, 2.75) is 6.42 Å². The molecule has 0 aliphatic rings. The lowest BCUT2D eigenvalue weighted by Crippen LogP contribution is -2.07. The van der Waals surface area contributed by atoms with Crippen molar-refractivity contribution in [3.05, 3.63) is 39.6 Å². The Kier molecular flexibility index (Phi) is 3.86. The first-order valence-electron chi connectivity index (χ1n) is 5.30. The summed E-state index contributed by atoms with van der Waals surface area (Å²) in [6, 6.07) is 7.65. The van der Waals surface area contributed by atoms with Crippen molar-refractivity contribution in [3.8, 4) is 11.4 Å². The molecule has 0 fully saturated rings. The molecule has 0 spiro atoms. The average molecular weight is 315 g/mol. The maximum Gasteiger partial charge on any atom is 0.141 e. The van der Waals surface area contributed by atoms with E-state index in [2.05, 4.69) is 25.5 Å². The van der Waals surface area contributed by atoms with Crippen LogP contribution in [0.25, 0.3) is 11.4 Å². The molecule has 2 aromatic rings. The molecule has 0 aliphatic carbocycles. The lowest BCUT2D eigenvalue weighted by atomic mass is 10.2. The Hall–Kier alpha value is -0.840. The second-order valence-electron chi connectivity index (χ2n) is 3.78. The van der Waals surface area contributed by atoms with Crippen LogP contribution in [-0.2, 0) is 13.5 Å². The Morgan fingerprint density at radius 3 is 2.59 bits per heavy atom. The van der Waals surface area contributed by atoms with Gasteiger partial charge in [0.05, 0.1) is 5.69 Å². The minimum Gasteiger partial charge on any atom is -0.330 e. The lowest BCUT2D eigenvalue weighted by Gasteiger charge is -2.05. The van der Waals surface area contributed by atoms with Gasteiger partial charge in [-0.25, -0.2) is 4.98 Å². The number of aromatic nitrogens is 2. The maximum absolute atomic E-state index is 5.87. The average Bonchev–Trinajstić information content (AvgIpc) is 2.59. The molecule has 0 amide bonds. The number of nitrogens with two attached hydrogens (primary N) is 1. The first kappa shape index (κ1) is 12.6. The molecule has 0 radical (unpaired) electrons. The van der Waals surface area contributed by atoms with Gasteiger partial charge in [0.15, 0.2) is 0 Å². The van der Waals surface area contributed by atoms with Crippen LogP contribution in [0.5, 0.6) is 0 Å². The van der Waals surface area contributed by atoms with E-state index in [0.717, 1.165) is 33.1 Å². The van der Waals surface area contributed by atoms with Crippen LogP contribution < -0.4 is 5.73 Å². The summed E-state index contributed by atoms with van der Waals surface area (Å²) >= 11 is 9.34. The summed E-state index contributed by atoms with van der Waals surface area (Å²) in [6.07, 6.45) is 0.803. The zero-order chi connectivity index (χ0) is 12.4. The third-order valence-corrected chi connectivity index (χ3v) is 3.54. The molecule has 2 N–H and O–H groups in total. The molecular formula is C12H13BrClN3. The molecule has 0 aliphatic heterocycles. The molecule has 1 aromatic carbocycles. The van der Waals surface area contributed by atoms with E-state index in [9.17, 15) is 0 Å². The van der Waals surface area contributed by atoms with Gasteiger partial charge in [-0.15, -0.1) is 0 Å². The van der Waals surface area contributed by atoms with Gasteiger partial charge in [0.2, 0.25) is 0 Å². The second-order valence-corrected chi connectivity index (χ2v) is 4.97. The van der Waals surface area contributed by atoms with Gasteiger partial charge in [-0.2, -0.15) is 0 Å². The molecule has 0 unspecified atom stereocenters. The Morgan fingerprint density at radius 1 is 1.35 bits per heavy atom. The molecule has 0 bridgehead atoms. The maximum atomic E-state index is 5.87. The summed E-state index contributed by atoms with van der Waals surface area (Å²) in [4.78, 5) is 4.51. The molecule has 0 saturated carbocycles. The first-order chi connectivity index (χ1) is 8.13.